The van der Waals surface area contributed by atoms with E-state index in [9.17, 15) is 13.2 Å². The van der Waals surface area contributed by atoms with Gasteiger partial charge in [0.15, 0.2) is 0 Å². The van der Waals surface area contributed by atoms with Gasteiger partial charge in [-0.05, 0) is 45.6 Å². The molecule has 1 aromatic heterocycles. The van der Waals surface area contributed by atoms with Gasteiger partial charge < -0.3 is 10.0 Å². The fraction of sp³-hybridized carbons (Fsp3) is 0.545. The Balaban J connectivity index is 2.49. The Labute approximate surface area is 117 Å². The van der Waals surface area contributed by atoms with Crippen LogP contribution >= 0.6 is 11.3 Å². The topological polar surface area (TPSA) is 86.7 Å². The van der Waals surface area contributed by atoms with E-state index in [1.54, 1.807) is 0 Å². The van der Waals surface area contributed by atoms with Crippen molar-refractivity contribution in [2.45, 2.75) is 17.1 Å². The molecule has 0 aliphatic rings. The summed E-state index contributed by atoms with van der Waals surface area (Å²) in [7, 11) is 0.341. The third-order valence-corrected chi connectivity index (χ3v) is 5.41. The largest absolute Gasteiger partial charge is 0.477 e. The second-order valence-electron chi connectivity index (χ2n) is 4.33. The Kier molecular flexibility index (Phi) is 5.92. The SMILES string of the molecule is CN(C)CCCCNS(=O)(=O)c1ccc(C(=O)O)s1. The van der Waals surface area contributed by atoms with E-state index in [0.29, 0.717) is 6.54 Å². The van der Waals surface area contributed by atoms with Gasteiger partial charge in [0.05, 0.1) is 0 Å². The maximum atomic E-state index is 11.9. The summed E-state index contributed by atoms with van der Waals surface area (Å²) in [6, 6.07) is 2.61. The van der Waals surface area contributed by atoms with Crippen LogP contribution in [0.25, 0.3) is 0 Å². The molecule has 0 aromatic carbocycles. The van der Waals surface area contributed by atoms with Crippen molar-refractivity contribution in [1.82, 2.24) is 9.62 Å². The Bertz CT molecular complexity index is 523. The summed E-state index contributed by atoms with van der Waals surface area (Å²) in [4.78, 5) is 12.8. The number of carboxylic acid groups (broad SMARTS) is 1. The van der Waals surface area contributed by atoms with Crippen LogP contribution in [0.4, 0.5) is 0 Å². The summed E-state index contributed by atoms with van der Waals surface area (Å²) in [5.74, 6) is -1.11. The van der Waals surface area contributed by atoms with Crippen LogP contribution in [0.2, 0.25) is 0 Å². The molecule has 1 aromatic rings. The molecule has 0 aliphatic carbocycles. The lowest BCUT2D eigenvalue weighted by Crippen LogP contribution is -2.24. The molecule has 0 spiro atoms. The average molecular weight is 306 g/mol. The van der Waals surface area contributed by atoms with Gasteiger partial charge in [-0.3, -0.25) is 0 Å². The first-order chi connectivity index (χ1) is 8.83. The number of nitrogens with zero attached hydrogens (tertiary/aromatic N) is 1. The molecule has 2 N–H and O–H groups in total. The molecule has 1 heterocycles. The highest BCUT2D eigenvalue weighted by Gasteiger charge is 2.18. The number of unbranched alkanes of at least 4 members (excludes halogenated alkanes) is 1. The molecule has 0 radical (unpaired) electrons. The molecular formula is C11H18N2O4S2. The smallest absolute Gasteiger partial charge is 0.345 e. The van der Waals surface area contributed by atoms with E-state index in [0.717, 1.165) is 30.7 Å². The summed E-state index contributed by atoms with van der Waals surface area (Å²) in [5.41, 5.74) is 0. The molecule has 0 unspecified atom stereocenters. The zero-order chi connectivity index (χ0) is 14.5. The van der Waals surface area contributed by atoms with E-state index in [2.05, 4.69) is 4.72 Å². The summed E-state index contributed by atoms with van der Waals surface area (Å²) < 4.78 is 26.2. The molecule has 8 heteroatoms. The van der Waals surface area contributed by atoms with Crippen LogP contribution in [0, 0.1) is 0 Å². The summed E-state index contributed by atoms with van der Waals surface area (Å²) in [6.07, 6.45) is 1.65. The fourth-order valence-corrected chi connectivity index (χ4v) is 3.67. The highest BCUT2D eigenvalue weighted by molar-refractivity contribution is 7.91. The average Bonchev–Trinajstić information content (AvgIpc) is 2.77. The molecule has 0 aliphatic heterocycles. The molecule has 0 saturated heterocycles. The highest BCUT2D eigenvalue weighted by Crippen LogP contribution is 2.21. The molecule has 0 fully saturated rings. The van der Waals surface area contributed by atoms with Gasteiger partial charge in [-0.2, -0.15) is 0 Å². The van der Waals surface area contributed by atoms with Crippen molar-refractivity contribution in [1.29, 1.82) is 0 Å². The van der Waals surface area contributed by atoms with Crippen LogP contribution in [0.3, 0.4) is 0 Å². The monoisotopic (exact) mass is 306 g/mol. The van der Waals surface area contributed by atoms with Crippen molar-refractivity contribution < 1.29 is 18.3 Å². The van der Waals surface area contributed by atoms with Crippen LogP contribution in [-0.2, 0) is 10.0 Å². The molecule has 6 nitrogen and oxygen atoms in total. The third kappa shape index (κ3) is 5.27. The summed E-state index contributed by atoms with van der Waals surface area (Å²) in [5, 5.41) is 8.75. The van der Waals surface area contributed by atoms with Gasteiger partial charge >= 0.3 is 5.97 Å². The minimum atomic E-state index is -3.58. The van der Waals surface area contributed by atoms with E-state index >= 15 is 0 Å². The number of aromatic carboxylic acids is 1. The van der Waals surface area contributed by atoms with E-state index in [1.807, 2.05) is 19.0 Å². The Hall–Kier alpha value is -0.960. The van der Waals surface area contributed by atoms with Gasteiger partial charge in [0.1, 0.15) is 9.09 Å². The second-order valence-corrected chi connectivity index (χ2v) is 7.41. The maximum Gasteiger partial charge on any atom is 0.345 e. The molecule has 1 rings (SSSR count). The molecule has 19 heavy (non-hydrogen) atoms. The molecular weight excluding hydrogens is 288 g/mol. The predicted molar refractivity (Wildman–Crippen MR) is 74.3 cm³/mol. The first-order valence-electron chi connectivity index (χ1n) is 5.80. The van der Waals surface area contributed by atoms with Gasteiger partial charge in [0.25, 0.3) is 0 Å². The minimum absolute atomic E-state index is 0.0213. The second kappa shape index (κ2) is 6.99. The lowest BCUT2D eigenvalue weighted by Gasteiger charge is -2.09. The summed E-state index contributed by atoms with van der Waals surface area (Å²) in [6.45, 7) is 1.26. The van der Waals surface area contributed by atoms with Gasteiger partial charge in [0, 0.05) is 6.54 Å². The van der Waals surface area contributed by atoms with E-state index < -0.39 is 16.0 Å². The lowest BCUT2D eigenvalue weighted by atomic mass is 10.3. The predicted octanol–water partition coefficient (Wildman–Crippen LogP) is 1.07. The molecule has 108 valence electrons. The zero-order valence-corrected chi connectivity index (χ0v) is 12.6. The normalized spacial score (nSPS) is 11.9. The van der Waals surface area contributed by atoms with Crippen molar-refractivity contribution in [3.8, 4) is 0 Å². The van der Waals surface area contributed by atoms with E-state index in [1.165, 1.54) is 12.1 Å². The van der Waals surface area contributed by atoms with Crippen LogP contribution < -0.4 is 4.72 Å². The van der Waals surface area contributed by atoms with E-state index in [4.69, 9.17) is 5.11 Å². The van der Waals surface area contributed by atoms with Crippen molar-refractivity contribution in [2.24, 2.45) is 0 Å². The molecule has 0 atom stereocenters. The third-order valence-electron chi connectivity index (χ3n) is 2.38. The lowest BCUT2D eigenvalue weighted by molar-refractivity contribution is 0.0702. The van der Waals surface area contributed by atoms with Crippen LogP contribution in [0.1, 0.15) is 22.5 Å². The van der Waals surface area contributed by atoms with Crippen molar-refractivity contribution in [2.75, 3.05) is 27.2 Å². The van der Waals surface area contributed by atoms with Gasteiger partial charge in [-0.25, -0.2) is 17.9 Å². The maximum absolute atomic E-state index is 11.9. The van der Waals surface area contributed by atoms with E-state index in [-0.39, 0.29) is 9.09 Å². The number of carboxylic acids is 1. The summed E-state index contributed by atoms with van der Waals surface area (Å²) >= 11 is 0.758. The first kappa shape index (κ1) is 16.1. The van der Waals surface area contributed by atoms with Crippen LogP contribution in [0.15, 0.2) is 16.3 Å². The zero-order valence-electron chi connectivity index (χ0n) is 10.9. The van der Waals surface area contributed by atoms with Crippen molar-refractivity contribution in [3.63, 3.8) is 0 Å². The van der Waals surface area contributed by atoms with Crippen molar-refractivity contribution in [3.05, 3.63) is 17.0 Å². The van der Waals surface area contributed by atoms with Gasteiger partial charge in [-0.1, -0.05) is 0 Å². The first-order valence-corrected chi connectivity index (χ1v) is 8.10. The molecule has 0 saturated carbocycles. The van der Waals surface area contributed by atoms with Crippen LogP contribution in [0.5, 0.6) is 0 Å². The highest BCUT2D eigenvalue weighted by atomic mass is 32.2. The Morgan fingerprint density at radius 3 is 2.58 bits per heavy atom. The molecule has 0 bridgehead atoms. The fourth-order valence-electron chi connectivity index (χ4n) is 1.41. The number of rotatable bonds is 8. The number of thiophene rings is 1. The number of hydrogen-bond acceptors (Lipinski definition) is 5. The van der Waals surface area contributed by atoms with Crippen LogP contribution in [-0.4, -0.2) is 51.6 Å². The number of hydrogen-bond donors (Lipinski definition) is 2. The van der Waals surface area contributed by atoms with Gasteiger partial charge in [-0.15, -0.1) is 11.3 Å². The number of carbonyl (C=O) groups is 1. The standard InChI is InChI=1S/C11H18N2O4S2/c1-13(2)8-4-3-7-12-19(16,17)10-6-5-9(18-10)11(14)15/h5-6,12H,3-4,7-8H2,1-2H3,(H,14,15). The quantitative estimate of drug-likeness (QED) is 0.702. The minimum Gasteiger partial charge on any atom is -0.477 e. The Morgan fingerprint density at radius 1 is 1.37 bits per heavy atom. The Morgan fingerprint density at radius 2 is 2.05 bits per heavy atom. The number of nitrogens with one attached hydrogen (secondary N) is 1. The number of sulfonamides is 1. The van der Waals surface area contributed by atoms with Gasteiger partial charge in [0.2, 0.25) is 10.0 Å². The molecule has 0 amide bonds. The van der Waals surface area contributed by atoms with Crippen molar-refractivity contribution >= 4 is 27.3 Å².